The Kier molecular flexibility index (Phi) is 6.17. The number of carbonyl (C=O) groups excluding carboxylic acids is 2. The van der Waals surface area contributed by atoms with E-state index < -0.39 is 5.25 Å². The van der Waals surface area contributed by atoms with Crippen molar-refractivity contribution in [3.8, 4) is 5.75 Å². The molecule has 2 aromatic rings. The van der Waals surface area contributed by atoms with E-state index in [1.54, 1.807) is 0 Å². The molecule has 0 bridgehead atoms. The standard InChI is InChI=1S/C20H22N2O3S/c1-14-6-4-7-15(12-14)25-11-5-10-21-19(23)13-18-20(24)22-16-8-2-3-9-17(16)26-18/h2-4,6-9,12,18H,5,10-11,13H2,1H3,(H,21,23)(H,22,24)/t18-/m1/s1. The Hall–Kier alpha value is -2.47. The highest BCUT2D eigenvalue weighted by Crippen LogP contribution is 2.36. The number of para-hydroxylation sites is 1. The molecule has 1 aliphatic heterocycles. The number of ether oxygens (including phenoxy) is 1. The molecule has 3 rings (SSSR count). The van der Waals surface area contributed by atoms with Crippen LogP contribution < -0.4 is 15.4 Å². The number of anilines is 1. The molecule has 6 heteroatoms. The van der Waals surface area contributed by atoms with Crippen LogP contribution in [0.4, 0.5) is 5.69 Å². The minimum absolute atomic E-state index is 0.118. The normalized spacial score (nSPS) is 15.7. The Morgan fingerprint density at radius 3 is 2.92 bits per heavy atom. The Bertz CT molecular complexity index is 794. The lowest BCUT2D eigenvalue weighted by Crippen LogP contribution is -2.35. The van der Waals surface area contributed by atoms with Crippen LogP contribution in [0.15, 0.2) is 53.4 Å². The SMILES string of the molecule is Cc1cccc(OCCCNC(=O)C[C@H]2Sc3ccccc3NC2=O)c1. The first kappa shape index (κ1) is 18.3. The molecule has 136 valence electrons. The molecule has 0 saturated heterocycles. The van der Waals surface area contributed by atoms with Gasteiger partial charge in [-0.1, -0.05) is 24.3 Å². The van der Waals surface area contributed by atoms with Crippen LogP contribution in [0.2, 0.25) is 0 Å². The number of benzene rings is 2. The van der Waals surface area contributed by atoms with E-state index in [-0.39, 0.29) is 18.2 Å². The Labute approximate surface area is 157 Å². The molecule has 2 amide bonds. The van der Waals surface area contributed by atoms with Crippen LogP contribution in [0, 0.1) is 6.92 Å². The van der Waals surface area contributed by atoms with E-state index in [0.717, 1.165) is 21.9 Å². The number of thioether (sulfide) groups is 1. The molecule has 0 radical (unpaired) electrons. The van der Waals surface area contributed by atoms with Crippen LogP contribution in [-0.2, 0) is 9.59 Å². The van der Waals surface area contributed by atoms with Crippen LogP contribution in [0.3, 0.4) is 0 Å². The predicted molar refractivity (Wildman–Crippen MR) is 104 cm³/mol. The molecule has 26 heavy (non-hydrogen) atoms. The monoisotopic (exact) mass is 370 g/mol. The van der Waals surface area contributed by atoms with E-state index in [1.807, 2.05) is 55.5 Å². The first-order chi connectivity index (χ1) is 12.6. The van der Waals surface area contributed by atoms with Gasteiger partial charge in [0, 0.05) is 17.9 Å². The molecule has 1 heterocycles. The summed E-state index contributed by atoms with van der Waals surface area (Å²) >= 11 is 1.44. The number of hydrogen-bond acceptors (Lipinski definition) is 4. The summed E-state index contributed by atoms with van der Waals surface area (Å²) in [7, 11) is 0. The molecule has 0 unspecified atom stereocenters. The van der Waals surface area contributed by atoms with Gasteiger partial charge in [-0.3, -0.25) is 9.59 Å². The lowest BCUT2D eigenvalue weighted by molar-refractivity contribution is -0.124. The fraction of sp³-hybridized carbons (Fsp3) is 0.300. The van der Waals surface area contributed by atoms with Crippen LogP contribution in [0.25, 0.3) is 0 Å². The van der Waals surface area contributed by atoms with Gasteiger partial charge in [0.05, 0.1) is 17.5 Å². The van der Waals surface area contributed by atoms with Crippen molar-refractivity contribution in [2.24, 2.45) is 0 Å². The lowest BCUT2D eigenvalue weighted by Gasteiger charge is -2.23. The number of nitrogens with one attached hydrogen (secondary N) is 2. The summed E-state index contributed by atoms with van der Waals surface area (Å²) in [6.07, 6.45) is 0.885. The molecule has 0 aliphatic carbocycles. The molecule has 1 aliphatic rings. The zero-order valence-corrected chi connectivity index (χ0v) is 15.5. The summed E-state index contributed by atoms with van der Waals surface area (Å²) in [4.78, 5) is 25.2. The molecule has 5 nitrogen and oxygen atoms in total. The van der Waals surface area contributed by atoms with E-state index >= 15 is 0 Å². The van der Waals surface area contributed by atoms with Gasteiger partial charge in [0.1, 0.15) is 5.75 Å². The Balaban J connectivity index is 1.37. The molecule has 0 aromatic heterocycles. The van der Waals surface area contributed by atoms with E-state index in [2.05, 4.69) is 10.6 Å². The zero-order valence-electron chi connectivity index (χ0n) is 14.7. The number of hydrogen-bond donors (Lipinski definition) is 2. The molecular weight excluding hydrogens is 348 g/mol. The smallest absolute Gasteiger partial charge is 0.238 e. The van der Waals surface area contributed by atoms with Crippen molar-refractivity contribution >= 4 is 29.3 Å². The Morgan fingerprint density at radius 1 is 1.23 bits per heavy atom. The van der Waals surface area contributed by atoms with Crippen LogP contribution >= 0.6 is 11.8 Å². The van der Waals surface area contributed by atoms with Gasteiger partial charge < -0.3 is 15.4 Å². The van der Waals surface area contributed by atoms with Gasteiger partial charge in [0.15, 0.2) is 0 Å². The van der Waals surface area contributed by atoms with Crippen molar-refractivity contribution in [1.29, 1.82) is 0 Å². The summed E-state index contributed by atoms with van der Waals surface area (Å²) < 4.78 is 5.66. The van der Waals surface area contributed by atoms with Gasteiger partial charge in [-0.15, -0.1) is 11.8 Å². The van der Waals surface area contributed by atoms with Crippen LogP contribution in [0.1, 0.15) is 18.4 Å². The van der Waals surface area contributed by atoms with Crippen molar-refractivity contribution in [2.45, 2.75) is 29.9 Å². The van der Waals surface area contributed by atoms with Gasteiger partial charge in [-0.05, 0) is 43.2 Å². The predicted octanol–water partition coefficient (Wildman–Crippen LogP) is 3.38. The second-order valence-electron chi connectivity index (χ2n) is 6.16. The quantitative estimate of drug-likeness (QED) is 0.733. The van der Waals surface area contributed by atoms with Crippen molar-refractivity contribution in [1.82, 2.24) is 5.32 Å². The van der Waals surface area contributed by atoms with Crippen molar-refractivity contribution in [3.63, 3.8) is 0 Å². The minimum atomic E-state index is -0.395. The summed E-state index contributed by atoms with van der Waals surface area (Å²) in [6, 6.07) is 15.5. The third-order valence-corrected chi connectivity index (χ3v) is 5.25. The average Bonchev–Trinajstić information content (AvgIpc) is 2.62. The summed E-state index contributed by atoms with van der Waals surface area (Å²) in [6.45, 7) is 3.08. The summed E-state index contributed by atoms with van der Waals surface area (Å²) in [5, 5.41) is 5.32. The first-order valence-corrected chi connectivity index (χ1v) is 9.52. The lowest BCUT2D eigenvalue weighted by atomic mass is 10.2. The van der Waals surface area contributed by atoms with Crippen molar-refractivity contribution in [3.05, 3.63) is 54.1 Å². The van der Waals surface area contributed by atoms with Crippen LogP contribution in [-0.4, -0.2) is 30.2 Å². The second kappa shape index (κ2) is 8.76. The third-order valence-electron chi connectivity index (χ3n) is 3.98. The molecule has 0 spiro atoms. The highest BCUT2D eigenvalue weighted by molar-refractivity contribution is 8.01. The van der Waals surface area contributed by atoms with Crippen LogP contribution in [0.5, 0.6) is 5.75 Å². The molecular formula is C20H22N2O3S. The number of aryl methyl sites for hydroxylation is 1. The molecule has 0 fully saturated rings. The summed E-state index contributed by atoms with van der Waals surface area (Å²) in [5.41, 5.74) is 1.97. The maximum Gasteiger partial charge on any atom is 0.238 e. The topological polar surface area (TPSA) is 67.4 Å². The fourth-order valence-electron chi connectivity index (χ4n) is 2.66. The first-order valence-electron chi connectivity index (χ1n) is 8.64. The number of rotatable bonds is 7. The maximum atomic E-state index is 12.1. The largest absolute Gasteiger partial charge is 0.494 e. The second-order valence-corrected chi connectivity index (χ2v) is 7.41. The zero-order chi connectivity index (χ0) is 18.4. The Morgan fingerprint density at radius 2 is 2.08 bits per heavy atom. The van der Waals surface area contributed by atoms with Crippen molar-refractivity contribution in [2.75, 3.05) is 18.5 Å². The molecule has 1 atom stereocenters. The molecule has 2 aromatic carbocycles. The van der Waals surface area contributed by atoms with Crippen molar-refractivity contribution < 1.29 is 14.3 Å². The van der Waals surface area contributed by atoms with Gasteiger partial charge in [0.25, 0.3) is 0 Å². The van der Waals surface area contributed by atoms with E-state index in [0.29, 0.717) is 19.6 Å². The van der Waals surface area contributed by atoms with Gasteiger partial charge in [-0.2, -0.15) is 0 Å². The number of amides is 2. The fourth-order valence-corrected chi connectivity index (χ4v) is 3.77. The third kappa shape index (κ3) is 5.02. The maximum absolute atomic E-state index is 12.1. The van der Waals surface area contributed by atoms with Gasteiger partial charge in [-0.25, -0.2) is 0 Å². The van der Waals surface area contributed by atoms with E-state index in [4.69, 9.17) is 4.74 Å². The average molecular weight is 370 g/mol. The van der Waals surface area contributed by atoms with Gasteiger partial charge in [0.2, 0.25) is 11.8 Å². The van der Waals surface area contributed by atoms with E-state index in [9.17, 15) is 9.59 Å². The highest BCUT2D eigenvalue weighted by Gasteiger charge is 2.28. The van der Waals surface area contributed by atoms with Gasteiger partial charge >= 0.3 is 0 Å². The number of fused-ring (bicyclic) bond motifs is 1. The molecule has 2 N–H and O–H groups in total. The van der Waals surface area contributed by atoms with E-state index in [1.165, 1.54) is 11.8 Å². The number of carbonyl (C=O) groups is 2. The highest BCUT2D eigenvalue weighted by atomic mass is 32.2. The minimum Gasteiger partial charge on any atom is -0.494 e. The summed E-state index contributed by atoms with van der Waals surface area (Å²) in [5.74, 6) is 0.601. The molecule has 0 saturated carbocycles.